The van der Waals surface area contributed by atoms with Crippen LogP contribution in [0.5, 0.6) is 5.75 Å². The first-order valence-electron chi connectivity index (χ1n) is 6.55. The largest absolute Gasteiger partial charge is 0.488 e. The molecule has 0 spiro atoms. The Bertz CT molecular complexity index is 328. The van der Waals surface area contributed by atoms with Crippen LogP contribution in [0, 0.1) is 0 Å². The van der Waals surface area contributed by atoms with Crippen molar-refractivity contribution in [3.8, 4) is 5.75 Å². The van der Waals surface area contributed by atoms with Gasteiger partial charge in [0.1, 0.15) is 6.61 Å². The van der Waals surface area contributed by atoms with Gasteiger partial charge in [-0.3, -0.25) is 4.68 Å². The van der Waals surface area contributed by atoms with E-state index < -0.39 is 0 Å². The van der Waals surface area contributed by atoms with Crippen LogP contribution in [0.4, 0.5) is 0 Å². The molecule has 1 rings (SSSR count). The predicted molar refractivity (Wildman–Crippen MR) is 71.6 cm³/mol. The lowest BCUT2D eigenvalue weighted by atomic mass is 10.4. The van der Waals surface area contributed by atoms with Gasteiger partial charge in [-0.25, -0.2) is 0 Å². The summed E-state index contributed by atoms with van der Waals surface area (Å²) in [5.74, 6) is 0.772. The zero-order valence-corrected chi connectivity index (χ0v) is 12.0. The third kappa shape index (κ3) is 7.15. The molecule has 0 radical (unpaired) electrons. The van der Waals surface area contributed by atoms with Gasteiger partial charge in [0.15, 0.2) is 5.75 Å². The van der Waals surface area contributed by atoms with Crippen molar-refractivity contribution in [3.63, 3.8) is 0 Å². The summed E-state index contributed by atoms with van der Waals surface area (Å²) in [4.78, 5) is 0. The number of aromatic nitrogens is 2. The van der Waals surface area contributed by atoms with E-state index in [4.69, 9.17) is 18.9 Å². The fourth-order valence-corrected chi connectivity index (χ4v) is 1.36. The van der Waals surface area contributed by atoms with E-state index in [1.807, 2.05) is 10.9 Å². The van der Waals surface area contributed by atoms with Crippen molar-refractivity contribution in [2.75, 3.05) is 46.8 Å². The van der Waals surface area contributed by atoms with E-state index in [9.17, 15) is 0 Å². The van der Waals surface area contributed by atoms with Crippen LogP contribution in [0.2, 0.25) is 0 Å². The first-order chi connectivity index (χ1) is 9.24. The summed E-state index contributed by atoms with van der Waals surface area (Å²) in [5, 5.41) is 4.19. The molecule has 0 aromatic carbocycles. The maximum atomic E-state index is 5.51. The Kier molecular flexibility index (Phi) is 8.20. The summed E-state index contributed by atoms with van der Waals surface area (Å²) in [6, 6.07) is 0.345. The van der Waals surface area contributed by atoms with Gasteiger partial charge in [-0.1, -0.05) is 0 Å². The lowest BCUT2D eigenvalue weighted by Crippen LogP contribution is -2.12. The van der Waals surface area contributed by atoms with Crippen LogP contribution in [-0.2, 0) is 14.2 Å². The van der Waals surface area contributed by atoms with Crippen LogP contribution in [0.25, 0.3) is 0 Å². The monoisotopic (exact) mass is 272 g/mol. The lowest BCUT2D eigenvalue weighted by Gasteiger charge is -2.06. The van der Waals surface area contributed by atoms with Gasteiger partial charge >= 0.3 is 0 Å². The molecule has 19 heavy (non-hydrogen) atoms. The summed E-state index contributed by atoms with van der Waals surface area (Å²) >= 11 is 0. The van der Waals surface area contributed by atoms with Gasteiger partial charge in [-0.2, -0.15) is 5.10 Å². The Hall–Kier alpha value is -1.11. The van der Waals surface area contributed by atoms with Gasteiger partial charge in [0.05, 0.1) is 45.4 Å². The Morgan fingerprint density at radius 3 is 2.26 bits per heavy atom. The molecule has 1 heterocycles. The zero-order valence-electron chi connectivity index (χ0n) is 12.0. The SMILES string of the molecule is COCCOCCOCCOc1cnn(C(C)C)c1. The van der Waals surface area contributed by atoms with E-state index in [0.29, 0.717) is 45.7 Å². The van der Waals surface area contributed by atoms with Crippen molar-refractivity contribution in [1.29, 1.82) is 0 Å². The van der Waals surface area contributed by atoms with Gasteiger partial charge in [-0.15, -0.1) is 0 Å². The predicted octanol–water partition coefficient (Wildman–Crippen LogP) is 1.52. The number of rotatable bonds is 11. The molecule has 6 nitrogen and oxygen atoms in total. The van der Waals surface area contributed by atoms with Gasteiger partial charge < -0.3 is 18.9 Å². The normalized spacial score (nSPS) is 11.2. The maximum Gasteiger partial charge on any atom is 0.157 e. The average molecular weight is 272 g/mol. The van der Waals surface area contributed by atoms with Crippen molar-refractivity contribution in [3.05, 3.63) is 12.4 Å². The minimum atomic E-state index is 0.345. The summed E-state index contributed by atoms with van der Waals surface area (Å²) in [5.41, 5.74) is 0. The second kappa shape index (κ2) is 9.77. The van der Waals surface area contributed by atoms with Crippen molar-refractivity contribution in [2.45, 2.75) is 19.9 Å². The molecule has 0 saturated carbocycles. The van der Waals surface area contributed by atoms with Crippen LogP contribution in [0.1, 0.15) is 19.9 Å². The van der Waals surface area contributed by atoms with Crippen LogP contribution >= 0.6 is 0 Å². The van der Waals surface area contributed by atoms with E-state index in [2.05, 4.69) is 18.9 Å². The number of hydrogen-bond acceptors (Lipinski definition) is 5. The molecule has 0 aliphatic rings. The third-order valence-corrected chi connectivity index (χ3v) is 2.41. The van der Waals surface area contributed by atoms with Crippen LogP contribution < -0.4 is 4.74 Å². The number of hydrogen-bond donors (Lipinski definition) is 0. The molecule has 1 aromatic heterocycles. The highest BCUT2D eigenvalue weighted by Crippen LogP contribution is 2.11. The molecule has 6 heteroatoms. The number of ether oxygens (including phenoxy) is 4. The molecular formula is C13H24N2O4. The molecule has 0 aliphatic carbocycles. The van der Waals surface area contributed by atoms with E-state index in [-0.39, 0.29) is 0 Å². The fourth-order valence-electron chi connectivity index (χ4n) is 1.36. The Morgan fingerprint density at radius 1 is 1.05 bits per heavy atom. The Balaban J connectivity index is 1.95. The Labute approximate surface area is 114 Å². The highest BCUT2D eigenvalue weighted by molar-refractivity contribution is 5.11. The highest BCUT2D eigenvalue weighted by Gasteiger charge is 2.01. The van der Waals surface area contributed by atoms with E-state index in [1.54, 1.807) is 13.3 Å². The molecule has 1 aromatic rings. The molecule has 0 amide bonds. The summed E-state index contributed by atoms with van der Waals surface area (Å²) < 4.78 is 22.9. The van der Waals surface area contributed by atoms with Gasteiger partial charge in [-0.05, 0) is 13.8 Å². The van der Waals surface area contributed by atoms with Crippen molar-refractivity contribution >= 4 is 0 Å². The first kappa shape index (κ1) is 15.9. The van der Waals surface area contributed by atoms with Gasteiger partial charge in [0, 0.05) is 13.2 Å². The first-order valence-corrected chi connectivity index (χ1v) is 6.55. The topological polar surface area (TPSA) is 54.7 Å². The second-order valence-electron chi connectivity index (χ2n) is 4.32. The second-order valence-corrected chi connectivity index (χ2v) is 4.32. The molecule has 0 fully saturated rings. The smallest absolute Gasteiger partial charge is 0.157 e. The standard InChI is InChI=1S/C13H24N2O4/c1-12(2)15-11-13(10-14-15)19-9-8-18-7-6-17-5-4-16-3/h10-12H,4-9H2,1-3H3. The minimum Gasteiger partial charge on any atom is -0.488 e. The highest BCUT2D eigenvalue weighted by atomic mass is 16.6. The lowest BCUT2D eigenvalue weighted by molar-refractivity contribution is 0.0179. The van der Waals surface area contributed by atoms with E-state index in [0.717, 1.165) is 5.75 Å². The molecular weight excluding hydrogens is 248 g/mol. The fraction of sp³-hybridized carbons (Fsp3) is 0.769. The van der Waals surface area contributed by atoms with Crippen molar-refractivity contribution in [2.24, 2.45) is 0 Å². The molecule has 0 unspecified atom stereocenters. The van der Waals surface area contributed by atoms with Crippen LogP contribution in [-0.4, -0.2) is 56.5 Å². The number of nitrogens with zero attached hydrogens (tertiary/aromatic N) is 2. The third-order valence-electron chi connectivity index (χ3n) is 2.41. The van der Waals surface area contributed by atoms with Crippen LogP contribution in [0.3, 0.4) is 0 Å². The molecule has 0 N–H and O–H groups in total. The summed E-state index contributed by atoms with van der Waals surface area (Å²) in [6.07, 6.45) is 3.60. The molecule has 0 atom stereocenters. The average Bonchev–Trinajstić information content (AvgIpc) is 2.86. The summed E-state index contributed by atoms with van der Waals surface area (Å²) in [6.45, 7) is 7.57. The quantitative estimate of drug-likeness (QED) is 0.572. The van der Waals surface area contributed by atoms with Gasteiger partial charge in [0.25, 0.3) is 0 Å². The van der Waals surface area contributed by atoms with Crippen molar-refractivity contribution < 1.29 is 18.9 Å². The summed E-state index contributed by atoms with van der Waals surface area (Å²) in [7, 11) is 1.65. The Morgan fingerprint density at radius 2 is 1.68 bits per heavy atom. The van der Waals surface area contributed by atoms with E-state index in [1.165, 1.54) is 0 Å². The molecule has 0 aliphatic heterocycles. The molecule has 110 valence electrons. The minimum absolute atomic E-state index is 0.345. The maximum absolute atomic E-state index is 5.51. The van der Waals surface area contributed by atoms with Gasteiger partial charge in [0.2, 0.25) is 0 Å². The van der Waals surface area contributed by atoms with E-state index >= 15 is 0 Å². The van der Waals surface area contributed by atoms with Crippen LogP contribution in [0.15, 0.2) is 12.4 Å². The van der Waals surface area contributed by atoms with Crippen molar-refractivity contribution in [1.82, 2.24) is 9.78 Å². The zero-order chi connectivity index (χ0) is 13.9. The molecule has 0 saturated heterocycles. The molecule has 0 bridgehead atoms. The number of methoxy groups -OCH3 is 1.